The fourth-order valence-corrected chi connectivity index (χ4v) is 3.23. The van der Waals surface area contributed by atoms with Gasteiger partial charge in [0.1, 0.15) is 11.9 Å². The molecule has 160 valence electrons. The highest BCUT2D eigenvalue weighted by Gasteiger charge is 2.07. The van der Waals surface area contributed by atoms with E-state index in [1.165, 1.54) is 6.26 Å². The molecule has 2 aromatic rings. The van der Waals surface area contributed by atoms with Gasteiger partial charge in [-0.3, -0.25) is 4.99 Å². The average molecular weight is 552 g/mol. The first-order chi connectivity index (χ1) is 13.3. The molecule has 2 N–H and O–H groups in total. The topological polar surface area (TPSA) is 79.8 Å². The fraction of sp³-hybridized carbons (Fsp3) is 0.350. The summed E-state index contributed by atoms with van der Waals surface area (Å²) in [6.45, 7) is 3.23. The van der Waals surface area contributed by atoms with Crippen LogP contribution in [0.5, 0.6) is 5.75 Å². The lowest BCUT2D eigenvalue weighted by atomic mass is 10.1. The maximum atomic E-state index is 11.5. The van der Waals surface area contributed by atoms with Gasteiger partial charge in [-0.1, -0.05) is 23.7 Å². The third kappa shape index (κ3) is 9.22. The summed E-state index contributed by atoms with van der Waals surface area (Å²) in [4.78, 5) is 4.53. The Hall–Kier alpha value is -1.52. The van der Waals surface area contributed by atoms with Crippen LogP contribution in [0.4, 0.5) is 0 Å². The number of guanidine groups is 1. The molecular weight excluding hydrogens is 525 g/mol. The minimum absolute atomic E-state index is 0. The number of ether oxygens (including phenoxy) is 1. The molecule has 0 aliphatic carbocycles. The summed E-state index contributed by atoms with van der Waals surface area (Å²) in [6, 6.07) is 14.2. The first-order valence-corrected chi connectivity index (χ1v) is 11.2. The Labute approximate surface area is 195 Å². The van der Waals surface area contributed by atoms with Crippen molar-refractivity contribution in [1.29, 1.82) is 0 Å². The number of halogens is 2. The van der Waals surface area contributed by atoms with Crippen molar-refractivity contribution in [3.8, 4) is 5.75 Å². The third-order valence-corrected chi connectivity index (χ3v) is 5.37. The minimum Gasteiger partial charge on any atom is -0.489 e. The first kappa shape index (κ1) is 25.5. The highest BCUT2D eigenvalue weighted by Crippen LogP contribution is 2.16. The number of hydrogen-bond donors (Lipinski definition) is 2. The van der Waals surface area contributed by atoms with Crippen LogP contribution < -0.4 is 15.4 Å². The van der Waals surface area contributed by atoms with Gasteiger partial charge < -0.3 is 15.4 Å². The number of rotatable bonds is 8. The Bertz CT molecular complexity index is 888. The quantitative estimate of drug-likeness (QED) is 0.298. The van der Waals surface area contributed by atoms with Gasteiger partial charge in [0, 0.05) is 24.9 Å². The van der Waals surface area contributed by atoms with Gasteiger partial charge in [-0.15, -0.1) is 24.0 Å². The summed E-state index contributed by atoms with van der Waals surface area (Å²) < 4.78 is 28.8. The van der Waals surface area contributed by atoms with E-state index in [-0.39, 0.29) is 30.1 Å². The maximum absolute atomic E-state index is 11.5. The number of benzene rings is 2. The van der Waals surface area contributed by atoms with Crippen molar-refractivity contribution in [3.63, 3.8) is 0 Å². The van der Waals surface area contributed by atoms with E-state index in [9.17, 15) is 8.42 Å². The molecular formula is C20H27ClIN3O3S. The number of aliphatic imine (C=N–C) groups is 1. The van der Waals surface area contributed by atoms with Gasteiger partial charge in [0.15, 0.2) is 15.8 Å². The lowest BCUT2D eigenvalue weighted by Crippen LogP contribution is -2.42. The van der Waals surface area contributed by atoms with Gasteiger partial charge in [-0.2, -0.15) is 0 Å². The molecule has 0 saturated carbocycles. The summed E-state index contributed by atoms with van der Waals surface area (Å²) >= 11 is 5.87. The van der Waals surface area contributed by atoms with E-state index in [4.69, 9.17) is 16.3 Å². The lowest BCUT2D eigenvalue weighted by molar-refractivity contribution is 0.224. The zero-order valence-corrected chi connectivity index (χ0v) is 20.6. The SMILES string of the molecule is CN=C(NCCc1ccc(S(C)(=O)=O)cc1)NCC(C)Oc1ccc(Cl)cc1.I. The van der Waals surface area contributed by atoms with E-state index >= 15 is 0 Å². The van der Waals surface area contributed by atoms with E-state index in [0.717, 1.165) is 17.7 Å². The summed E-state index contributed by atoms with van der Waals surface area (Å²) in [5.41, 5.74) is 1.05. The van der Waals surface area contributed by atoms with E-state index in [1.54, 1.807) is 31.3 Å². The van der Waals surface area contributed by atoms with Crippen LogP contribution in [0.15, 0.2) is 58.4 Å². The van der Waals surface area contributed by atoms with Crippen LogP contribution in [0.3, 0.4) is 0 Å². The highest BCUT2D eigenvalue weighted by atomic mass is 127. The standard InChI is InChI=1S/C20H26ClN3O3S.HI/c1-15(27-18-8-6-17(21)7-9-18)14-24-20(22-2)23-13-12-16-4-10-19(11-5-16)28(3,25)26;/h4-11,15H,12-14H2,1-3H3,(H2,22,23,24);1H. The van der Waals surface area contributed by atoms with E-state index in [2.05, 4.69) is 15.6 Å². The number of hydrogen-bond acceptors (Lipinski definition) is 4. The highest BCUT2D eigenvalue weighted by molar-refractivity contribution is 14.0. The molecule has 0 aliphatic heterocycles. The van der Waals surface area contributed by atoms with Crippen molar-refractivity contribution >= 4 is 51.4 Å². The molecule has 0 aromatic heterocycles. The van der Waals surface area contributed by atoms with Gasteiger partial charge in [0.2, 0.25) is 0 Å². The van der Waals surface area contributed by atoms with Crippen LogP contribution in [0.1, 0.15) is 12.5 Å². The Morgan fingerprint density at radius 1 is 1.10 bits per heavy atom. The van der Waals surface area contributed by atoms with Crippen molar-refractivity contribution in [2.24, 2.45) is 4.99 Å². The van der Waals surface area contributed by atoms with Crippen LogP contribution in [0, 0.1) is 0 Å². The van der Waals surface area contributed by atoms with Gasteiger partial charge in [-0.05, 0) is 55.3 Å². The number of nitrogens with one attached hydrogen (secondary N) is 2. The van der Waals surface area contributed by atoms with Crippen molar-refractivity contribution in [1.82, 2.24) is 10.6 Å². The predicted molar refractivity (Wildman–Crippen MR) is 130 cm³/mol. The summed E-state index contributed by atoms with van der Waals surface area (Å²) in [7, 11) is -1.45. The minimum atomic E-state index is -3.16. The molecule has 0 saturated heterocycles. The molecule has 0 spiro atoms. The molecule has 2 aromatic carbocycles. The lowest BCUT2D eigenvalue weighted by Gasteiger charge is -2.18. The second kappa shape index (κ2) is 12.2. The van der Waals surface area contributed by atoms with Crippen LogP contribution >= 0.6 is 35.6 Å². The second-order valence-electron chi connectivity index (χ2n) is 6.43. The van der Waals surface area contributed by atoms with E-state index in [1.807, 2.05) is 31.2 Å². The zero-order chi connectivity index (χ0) is 20.6. The summed E-state index contributed by atoms with van der Waals surface area (Å²) in [5, 5.41) is 7.14. The summed E-state index contributed by atoms with van der Waals surface area (Å²) in [6.07, 6.45) is 1.90. The molecule has 1 atom stereocenters. The second-order valence-corrected chi connectivity index (χ2v) is 8.88. The van der Waals surface area contributed by atoms with Gasteiger partial charge in [-0.25, -0.2) is 8.42 Å². The number of sulfone groups is 1. The van der Waals surface area contributed by atoms with E-state index in [0.29, 0.717) is 29.0 Å². The van der Waals surface area contributed by atoms with E-state index < -0.39 is 9.84 Å². The van der Waals surface area contributed by atoms with Crippen LogP contribution in [0.25, 0.3) is 0 Å². The molecule has 0 fully saturated rings. The smallest absolute Gasteiger partial charge is 0.191 e. The molecule has 0 heterocycles. The zero-order valence-electron chi connectivity index (χ0n) is 16.7. The van der Waals surface area contributed by atoms with Crippen molar-refractivity contribution in [2.45, 2.75) is 24.3 Å². The van der Waals surface area contributed by atoms with Crippen LogP contribution in [-0.4, -0.2) is 46.9 Å². The van der Waals surface area contributed by atoms with Gasteiger partial charge in [0.25, 0.3) is 0 Å². The van der Waals surface area contributed by atoms with Crippen molar-refractivity contribution in [2.75, 3.05) is 26.4 Å². The third-order valence-electron chi connectivity index (χ3n) is 3.99. The Morgan fingerprint density at radius 2 is 1.72 bits per heavy atom. The molecule has 0 bridgehead atoms. The van der Waals surface area contributed by atoms with Gasteiger partial charge in [0.05, 0.1) is 11.4 Å². The van der Waals surface area contributed by atoms with Crippen LogP contribution in [-0.2, 0) is 16.3 Å². The molecule has 2 rings (SSSR count). The normalized spacial score (nSPS) is 12.6. The number of nitrogens with zero attached hydrogens (tertiary/aromatic N) is 1. The fourth-order valence-electron chi connectivity index (χ4n) is 2.48. The molecule has 29 heavy (non-hydrogen) atoms. The monoisotopic (exact) mass is 551 g/mol. The molecule has 6 nitrogen and oxygen atoms in total. The molecule has 0 amide bonds. The largest absolute Gasteiger partial charge is 0.489 e. The maximum Gasteiger partial charge on any atom is 0.191 e. The average Bonchev–Trinajstić information content (AvgIpc) is 2.66. The van der Waals surface area contributed by atoms with Crippen molar-refractivity contribution in [3.05, 3.63) is 59.1 Å². The predicted octanol–water partition coefficient (Wildman–Crippen LogP) is 3.54. The summed E-state index contributed by atoms with van der Waals surface area (Å²) in [5.74, 6) is 1.44. The Kier molecular flexibility index (Phi) is 10.8. The molecule has 9 heteroatoms. The molecule has 0 aliphatic rings. The van der Waals surface area contributed by atoms with Crippen molar-refractivity contribution < 1.29 is 13.2 Å². The Balaban J connectivity index is 0.00000420. The molecule has 0 radical (unpaired) electrons. The Morgan fingerprint density at radius 3 is 2.28 bits per heavy atom. The first-order valence-electron chi connectivity index (χ1n) is 8.93. The van der Waals surface area contributed by atoms with Gasteiger partial charge >= 0.3 is 0 Å². The van der Waals surface area contributed by atoms with Crippen LogP contribution in [0.2, 0.25) is 5.02 Å². The molecule has 1 unspecified atom stereocenters.